The number of hydrogen-bond acceptors (Lipinski definition) is 2. The van der Waals surface area contributed by atoms with Crippen molar-refractivity contribution in [3.05, 3.63) is 0 Å². The predicted octanol–water partition coefficient (Wildman–Crippen LogP) is 1.53. The van der Waals surface area contributed by atoms with Crippen molar-refractivity contribution in [2.45, 2.75) is 64.5 Å². The SMILES string of the molecule is CCC(C)NC(=NC1CCCCC1)NN. The van der Waals surface area contributed by atoms with Crippen LogP contribution in [0.2, 0.25) is 0 Å². The van der Waals surface area contributed by atoms with Crippen LogP contribution in [0.25, 0.3) is 0 Å². The lowest BCUT2D eigenvalue weighted by Gasteiger charge is -2.21. The van der Waals surface area contributed by atoms with Crippen LogP contribution in [0.5, 0.6) is 0 Å². The number of nitrogens with zero attached hydrogens (tertiary/aromatic N) is 1. The molecular weight excluding hydrogens is 188 g/mol. The molecule has 15 heavy (non-hydrogen) atoms. The van der Waals surface area contributed by atoms with Gasteiger partial charge < -0.3 is 5.32 Å². The van der Waals surface area contributed by atoms with Crippen molar-refractivity contribution in [3.63, 3.8) is 0 Å². The van der Waals surface area contributed by atoms with Crippen molar-refractivity contribution < 1.29 is 0 Å². The summed E-state index contributed by atoms with van der Waals surface area (Å²) in [6.07, 6.45) is 7.44. The van der Waals surface area contributed by atoms with Gasteiger partial charge in [-0.1, -0.05) is 26.2 Å². The van der Waals surface area contributed by atoms with Crippen LogP contribution in [-0.2, 0) is 0 Å². The van der Waals surface area contributed by atoms with Gasteiger partial charge in [-0.25, -0.2) is 10.8 Å². The molecule has 0 aliphatic heterocycles. The molecule has 1 saturated carbocycles. The summed E-state index contributed by atoms with van der Waals surface area (Å²) in [5, 5.41) is 3.28. The molecule has 4 N–H and O–H groups in total. The zero-order chi connectivity index (χ0) is 11.1. The lowest BCUT2D eigenvalue weighted by atomic mass is 9.96. The highest BCUT2D eigenvalue weighted by atomic mass is 15.3. The Morgan fingerprint density at radius 3 is 2.60 bits per heavy atom. The monoisotopic (exact) mass is 212 g/mol. The van der Waals surface area contributed by atoms with Crippen molar-refractivity contribution in [3.8, 4) is 0 Å². The molecule has 0 amide bonds. The zero-order valence-electron chi connectivity index (χ0n) is 9.92. The summed E-state index contributed by atoms with van der Waals surface area (Å²) in [7, 11) is 0. The third-order valence-corrected chi connectivity index (χ3v) is 3.02. The largest absolute Gasteiger partial charge is 0.353 e. The number of nitrogens with one attached hydrogen (secondary N) is 2. The Morgan fingerprint density at radius 2 is 2.07 bits per heavy atom. The van der Waals surface area contributed by atoms with Gasteiger partial charge in [-0.05, 0) is 26.2 Å². The predicted molar refractivity (Wildman–Crippen MR) is 64.5 cm³/mol. The molecule has 0 heterocycles. The number of guanidine groups is 1. The minimum Gasteiger partial charge on any atom is -0.353 e. The molecule has 1 unspecified atom stereocenters. The highest BCUT2D eigenvalue weighted by molar-refractivity contribution is 5.79. The number of nitrogens with two attached hydrogens (primary N) is 1. The number of rotatable bonds is 3. The van der Waals surface area contributed by atoms with Gasteiger partial charge in [-0.15, -0.1) is 0 Å². The van der Waals surface area contributed by atoms with E-state index >= 15 is 0 Å². The molecule has 0 aromatic heterocycles. The fourth-order valence-corrected chi connectivity index (χ4v) is 1.84. The van der Waals surface area contributed by atoms with Gasteiger partial charge in [0.1, 0.15) is 0 Å². The zero-order valence-corrected chi connectivity index (χ0v) is 9.92. The Kier molecular flexibility index (Phi) is 5.47. The quantitative estimate of drug-likeness (QED) is 0.288. The van der Waals surface area contributed by atoms with Crippen molar-refractivity contribution in [2.75, 3.05) is 0 Å². The summed E-state index contributed by atoms with van der Waals surface area (Å²) < 4.78 is 0. The summed E-state index contributed by atoms with van der Waals surface area (Å²) >= 11 is 0. The van der Waals surface area contributed by atoms with E-state index in [1.807, 2.05) is 0 Å². The minimum absolute atomic E-state index is 0.420. The topological polar surface area (TPSA) is 62.4 Å². The molecule has 1 aliphatic rings. The van der Waals surface area contributed by atoms with Crippen LogP contribution in [-0.4, -0.2) is 18.0 Å². The van der Waals surface area contributed by atoms with E-state index in [9.17, 15) is 0 Å². The first-order chi connectivity index (χ1) is 7.26. The van der Waals surface area contributed by atoms with E-state index in [1.165, 1.54) is 32.1 Å². The minimum atomic E-state index is 0.420. The third-order valence-electron chi connectivity index (χ3n) is 3.02. The van der Waals surface area contributed by atoms with E-state index < -0.39 is 0 Å². The van der Waals surface area contributed by atoms with Gasteiger partial charge in [-0.3, -0.25) is 5.43 Å². The van der Waals surface area contributed by atoms with Crippen LogP contribution in [0.1, 0.15) is 52.4 Å². The molecule has 1 fully saturated rings. The van der Waals surface area contributed by atoms with Crippen LogP contribution in [0, 0.1) is 0 Å². The Balaban J connectivity index is 2.44. The number of aliphatic imine (C=N–C) groups is 1. The molecule has 4 nitrogen and oxygen atoms in total. The molecule has 1 rings (SSSR count). The third kappa shape index (κ3) is 4.51. The second kappa shape index (κ2) is 6.67. The van der Waals surface area contributed by atoms with E-state index in [1.54, 1.807) is 0 Å². The molecule has 1 atom stereocenters. The van der Waals surface area contributed by atoms with Gasteiger partial charge in [0.25, 0.3) is 0 Å². The van der Waals surface area contributed by atoms with E-state index in [4.69, 9.17) is 5.84 Å². The van der Waals surface area contributed by atoms with E-state index in [-0.39, 0.29) is 0 Å². The van der Waals surface area contributed by atoms with Gasteiger partial charge in [0, 0.05) is 6.04 Å². The molecule has 88 valence electrons. The van der Waals surface area contributed by atoms with E-state index in [0.717, 1.165) is 12.4 Å². The molecule has 4 heteroatoms. The Labute approximate surface area is 92.7 Å². The van der Waals surface area contributed by atoms with Crippen LogP contribution >= 0.6 is 0 Å². The van der Waals surface area contributed by atoms with Gasteiger partial charge in [0.05, 0.1) is 6.04 Å². The van der Waals surface area contributed by atoms with E-state index in [2.05, 4.69) is 29.6 Å². The van der Waals surface area contributed by atoms with Crippen LogP contribution in [0.15, 0.2) is 4.99 Å². The first-order valence-electron chi connectivity index (χ1n) is 6.07. The van der Waals surface area contributed by atoms with Crippen molar-refractivity contribution in [2.24, 2.45) is 10.8 Å². The standard InChI is InChI=1S/C11H24N4/c1-3-9(2)13-11(15-12)14-10-7-5-4-6-8-10/h9-10H,3-8,12H2,1-2H3,(H2,13,14,15). The first kappa shape index (κ1) is 12.3. The number of hydrazine groups is 1. The Morgan fingerprint density at radius 1 is 1.40 bits per heavy atom. The maximum absolute atomic E-state index is 5.45. The molecule has 0 bridgehead atoms. The Bertz CT molecular complexity index is 197. The molecule has 0 aromatic rings. The van der Waals surface area contributed by atoms with Crippen LogP contribution in [0.4, 0.5) is 0 Å². The summed E-state index contributed by atoms with van der Waals surface area (Å²) in [4.78, 5) is 4.61. The fourth-order valence-electron chi connectivity index (χ4n) is 1.84. The first-order valence-corrected chi connectivity index (χ1v) is 6.07. The summed E-state index contributed by atoms with van der Waals surface area (Å²) in [5.74, 6) is 6.20. The van der Waals surface area contributed by atoms with E-state index in [0.29, 0.717) is 12.1 Å². The van der Waals surface area contributed by atoms with Gasteiger partial charge >= 0.3 is 0 Å². The molecule has 0 aromatic carbocycles. The highest BCUT2D eigenvalue weighted by Crippen LogP contribution is 2.19. The molecule has 0 spiro atoms. The highest BCUT2D eigenvalue weighted by Gasteiger charge is 2.13. The lowest BCUT2D eigenvalue weighted by molar-refractivity contribution is 0.440. The second-order valence-corrected chi connectivity index (χ2v) is 4.37. The second-order valence-electron chi connectivity index (χ2n) is 4.37. The van der Waals surface area contributed by atoms with Gasteiger partial charge in [0.2, 0.25) is 5.96 Å². The lowest BCUT2D eigenvalue weighted by Crippen LogP contribution is -2.46. The normalized spacial score (nSPS) is 21.1. The molecular formula is C11H24N4. The summed E-state index contributed by atoms with van der Waals surface area (Å²) in [6, 6.07) is 0.879. The smallest absolute Gasteiger partial charge is 0.206 e. The average Bonchev–Trinajstić information content (AvgIpc) is 2.29. The van der Waals surface area contributed by atoms with Gasteiger partial charge in [-0.2, -0.15) is 0 Å². The van der Waals surface area contributed by atoms with Gasteiger partial charge in [0.15, 0.2) is 0 Å². The average molecular weight is 212 g/mol. The van der Waals surface area contributed by atoms with Crippen LogP contribution in [0.3, 0.4) is 0 Å². The molecule has 0 saturated heterocycles. The van der Waals surface area contributed by atoms with Crippen LogP contribution < -0.4 is 16.6 Å². The number of hydrogen-bond donors (Lipinski definition) is 3. The molecule has 0 radical (unpaired) electrons. The maximum Gasteiger partial charge on any atom is 0.206 e. The summed E-state index contributed by atoms with van der Waals surface area (Å²) in [6.45, 7) is 4.28. The van der Waals surface area contributed by atoms with Crippen molar-refractivity contribution in [1.29, 1.82) is 0 Å². The fraction of sp³-hybridized carbons (Fsp3) is 0.909. The van der Waals surface area contributed by atoms with Crippen molar-refractivity contribution >= 4 is 5.96 Å². The molecule has 1 aliphatic carbocycles. The summed E-state index contributed by atoms with van der Waals surface area (Å²) in [5.41, 5.74) is 2.65. The van der Waals surface area contributed by atoms with Crippen molar-refractivity contribution in [1.82, 2.24) is 10.7 Å². The Hall–Kier alpha value is -0.770. The maximum atomic E-state index is 5.45.